The lowest BCUT2D eigenvalue weighted by Crippen LogP contribution is -2.06. The molecule has 3 aromatic rings. The molecule has 126 valence electrons. The summed E-state index contributed by atoms with van der Waals surface area (Å²) in [6.07, 6.45) is 1.50. The summed E-state index contributed by atoms with van der Waals surface area (Å²) in [6.45, 7) is 1.46. The van der Waals surface area contributed by atoms with E-state index in [1.807, 2.05) is 30.3 Å². The molecular weight excluding hydrogens is 340 g/mol. The van der Waals surface area contributed by atoms with Gasteiger partial charge in [0.1, 0.15) is 0 Å². The molecule has 0 bridgehead atoms. The van der Waals surface area contributed by atoms with E-state index < -0.39 is 0 Å². The predicted molar refractivity (Wildman–Crippen MR) is 98.6 cm³/mol. The zero-order valence-corrected chi connectivity index (χ0v) is 14.1. The molecule has 0 spiro atoms. The summed E-state index contributed by atoms with van der Waals surface area (Å²) >= 11 is 6.11. The number of halogens is 1. The summed E-state index contributed by atoms with van der Waals surface area (Å²) in [5, 5.41) is 17.3. The van der Waals surface area contributed by atoms with Crippen LogP contribution in [0.5, 0.6) is 0 Å². The molecule has 0 atom stereocenters. The van der Waals surface area contributed by atoms with E-state index in [1.54, 1.807) is 18.2 Å². The molecule has 0 aliphatic carbocycles. The second-order valence-corrected chi connectivity index (χ2v) is 5.56. The highest BCUT2D eigenvalue weighted by atomic mass is 35.5. The van der Waals surface area contributed by atoms with Gasteiger partial charge in [-0.1, -0.05) is 29.8 Å². The fraction of sp³-hybridized carbons (Fsp3) is 0.0588. The van der Waals surface area contributed by atoms with Crippen molar-refractivity contribution < 1.29 is 4.79 Å². The Hall–Kier alpha value is -3.19. The molecule has 25 heavy (non-hydrogen) atoms. The Labute approximate surface area is 149 Å². The van der Waals surface area contributed by atoms with Gasteiger partial charge in [0.05, 0.1) is 16.9 Å². The summed E-state index contributed by atoms with van der Waals surface area (Å²) in [5.74, 6) is 0.688. The number of para-hydroxylation sites is 1. The van der Waals surface area contributed by atoms with Gasteiger partial charge in [0.15, 0.2) is 5.82 Å². The van der Waals surface area contributed by atoms with Gasteiger partial charge in [0.2, 0.25) is 11.9 Å². The van der Waals surface area contributed by atoms with Crippen LogP contribution >= 0.6 is 11.6 Å². The maximum atomic E-state index is 11.1. The minimum atomic E-state index is -0.132. The van der Waals surface area contributed by atoms with Gasteiger partial charge in [-0.15, -0.1) is 5.10 Å². The minimum Gasteiger partial charge on any atom is -0.339 e. The second-order valence-electron chi connectivity index (χ2n) is 5.16. The molecule has 0 radical (unpaired) electrons. The van der Waals surface area contributed by atoms with Crippen LogP contribution in [0.15, 0.2) is 54.7 Å². The first-order valence-electron chi connectivity index (χ1n) is 7.46. The fourth-order valence-electron chi connectivity index (χ4n) is 2.13. The van der Waals surface area contributed by atoms with Gasteiger partial charge in [-0.05, 0) is 30.3 Å². The van der Waals surface area contributed by atoms with E-state index in [-0.39, 0.29) is 5.91 Å². The normalized spacial score (nSPS) is 10.2. The number of aromatic nitrogens is 3. The fourth-order valence-corrected chi connectivity index (χ4v) is 2.31. The van der Waals surface area contributed by atoms with Crippen molar-refractivity contribution in [3.63, 3.8) is 0 Å². The Morgan fingerprint density at radius 1 is 1.04 bits per heavy atom. The predicted octanol–water partition coefficient (Wildman–Crippen LogP) is 3.97. The van der Waals surface area contributed by atoms with Gasteiger partial charge in [0, 0.05) is 18.3 Å². The van der Waals surface area contributed by atoms with Crippen molar-refractivity contribution in [3.05, 3.63) is 59.8 Å². The van der Waals surface area contributed by atoms with E-state index in [1.165, 1.54) is 13.1 Å². The molecule has 1 heterocycles. The number of hydrogen-bond donors (Lipinski definition) is 3. The van der Waals surface area contributed by atoms with Crippen molar-refractivity contribution in [1.82, 2.24) is 15.2 Å². The standard InChI is InChI=1S/C17H15ClN6O/c1-11(25)20-12-5-4-6-13(9-12)21-16-10-19-24-17(23-16)22-15-8-3-2-7-14(15)18/h2-10H,1H3,(H,20,25)(H2,21,22,23,24). The molecule has 3 rings (SSSR count). The Morgan fingerprint density at radius 2 is 1.84 bits per heavy atom. The SMILES string of the molecule is CC(=O)Nc1cccc(Nc2cnnc(Nc3ccccc3Cl)n2)c1. The lowest BCUT2D eigenvalue weighted by atomic mass is 10.2. The minimum absolute atomic E-state index is 0.132. The van der Waals surface area contributed by atoms with Crippen molar-refractivity contribution >= 4 is 46.3 Å². The molecule has 3 N–H and O–H groups in total. The van der Waals surface area contributed by atoms with Crippen LogP contribution in [0.25, 0.3) is 0 Å². The van der Waals surface area contributed by atoms with Crippen LogP contribution < -0.4 is 16.0 Å². The van der Waals surface area contributed by atoms with Crippen molar-refractivity contribution in [2.45, 2.75) is 6.92 Å². The molecule has 2 aromatic carbocycles. The molecule has 1 amide bonds. The maximum Gasteiger partial charge on any atom is 0.249 e. The number of nitrogens with one attached hydrogen (secondary N) is 3. The quantitative estimate of drug-likeness (QED) is 0.642. The Bertz CT molecular complexity index is 902. The maximum absolute atomic E-state index is 11.1. The van der Waals surface area contributed by atoms with E-state index >= 15 is 0 Å². The summed E-state index contributed by atoms with van der Waals surface area (Å²) in [5.41, 5.74) is 2.14. The zero-order chi connectivity index (χ0) is 17.6. The lowest BCUT2D eigenvalue weighted by molar-refractivity contribution is -0.114. The number of rotatable bonds is 5. The molecule has 7 nitrogen and oxygen atoms in total. The van der Waals surface area contributed by atoms with Crippen LogP contribution in [0.1, 0.15) is 6.92 Å². The number of carbonyl (C=O) groups is 1. The molecule has 0 saturated heterocycles. The zero-order valence-electron chi connectivity index (χ0n) is 13.3. The number of benzene rings is 2. The summed E-state index contributed by atoms with van der Waals surface area (Å²) in [6, 6.07) is 14.6. The van der Waals surface area contributed by atoms with Gasteiger partial charge in [0.25, 0.3) is 0 Å². The molecule has 0 saturated carbocycles. The average molecular weight is 355 g/mol. The second kappa shape index (κ2) is 7.59. The molecular formula is C17H15ClN6O. The first-order chi connectivity index (χ1) is 12.1. The van der Waals surface area contributed by atoms with Gasteiger partial charge in [-0.3, -0.25) is 4.79 Å². The van der Waals surface area contributed by atoms with Crippen LogP contribution in [0.2, 0.25) is 5.02 Å². The highest BCUT2D eigenvalue weighted by Gasteiger charge is 2.05. The van der Waals surface area contributed by atoms with Gasteiger partial charge in [-0.25, -0.2) is 0 Å². The van der Waals surface area contributed by atoms with Gasteiger partial charge >= 0.3 is 0 Å². The molecule has 0 aliphatic heterocycles. The monoisotopic (exact) mass is 354 g/mol. The highest BCUT2D eigenvalue weighted by molar-refractivity contribution is 6.33. The van der Waals surface area contributed by atoms with Crippen molar-refractivity contribution in [3.8, 4) is 0 Å². The van der Waals surface area contributed by atoms with Crippen molar-refractivity contribution in [1.29, 1.82) is 0 Å². The van der Waals surface area contributed by atoms with E-state index in [0.717, 1.165) is 5.69 Å². The molecule has 1 aromatic heterocycles. The van der Waals surface area contributed by atoms with Gasteiger partial charge < -0.3 is 16.0 Å². The van der Waals surface area contributed by atoms with Crippen LogP contribution in [-0.4, -0.2) is 21.1 Å². The average Bonchev–Trinajstić information content (AvgIpc) is 2.57. The first-order valence-corrected chi connectivity index (χ1v) is 7.84. The Kier molecular flexibility index (Phi) is 5.06. The van der Waals surface area contributed by atoms with E-state index in [9.17, 15) is 4.79 Å². The highest BCUT2D eigenvalue weighted by Crippen LogP contribution is 2.24. The van der Waals surface area contributed by atoms with Crippen LogP contribution in [0.3, 0.4) is 0 Å². The molecule has 0 unspecified atom stereocenters. The number of amides is 1. The number of nitrogens with zero attached hydrogens (tertiary/aromatic N) is 3. The largest absolute Gasteiger partial charge is 0.339 e. The smallest absolute Gasteiger partial charge is 0.249 e. The number of hydrogen-bond acceptors (Lipinski definition) is 6. The van der Waals surface area contributed by atoms with Crippen LogP contribution in [0.4, 0.5) is 28.8 Å². The van der Waals surface area contributed by atoms with E-state index in [2.05, 4.69) is 31.1 Å². The topological polar surface area (TPSA) is 91.8 Å². The molecule has 0 aliphatic rings. The van der Waals surface area contributed by atoms with Gasteiger partial charge in [-0.2, -0.15) is 10.1 Å². The summed E-state index contributed by atoms with van der Waals surface area (Å²) in [7, 11) is 0. The number of carbonyl (C=O) groups excluding carboxylic acids is 1. The third kappa shape index (κ3) is 4.65. The van der Waals surface area contributed by atoms with E-state index in [4.69, 9.17) is 11.6 Å². The van der Waals surface area contributed by atoms with E-state index in [0.29, 0.717) is 28.2 Å². The van der Waals surface area contributed by atoms with Crippen LogP contribution in [-0.2, 0) is 4.79 Å². The number of anilines is 5. The molecule has 0 fully saturated rings. The van der Waals surface area contributed by atoms with Crippen molar-refractivity contribution in [2.75, 3.05) is 16.0 Å². The summed E-state index contributed by atoms with van der Waals surface area (Å²) < 4.78 is 0. The first kappa shape index (κ1) is 16.7. The Morgan fingerprint density at radius 3 is 2.64 bits per heavy atom. The summed E-state index contributed by atoms with van der Waals surface area (Å²) in [4.78, 5) is 15.5. The Balaban J connectivity index is 1.76. The van der Waals surface area contributed by atoms with Crippen LogP contribution in [0, 0.1) is 0 Å². The third-order valence-corrected chi connectivity index (χ3v) is 3.46. The third-order valence-electron chi connectivity index (χ3n) is 3.13. The lowest BCUT2D eigenvalue weighted by Gasteiger charge is -2.09. The van der Waals surface area contributed by atoms with Crippen molar-refractivity contribution in [2.24, 2.45) is 0 Å². The molecule has 8 heteroatoms.